The number of hydrogen-bond donors (Lipinski definition) is 1. The molecule has 0 saturated carbocycles. The number of likely N-dealkylation sites (N-methyl/N-ethyl adjacent to an activating group) is 1. The highest BCUT2D eigenvalue weighted by atomic mass is 32.1. The highest BCUT2D eigenvalue weighted by Gasteiger charge is 2.14. The summed E-state index contributed by atoms with van der Waals surface area (Å²) >= 11 is 1.50. The van der Waals surface area contributed by atoms with Gasteiger partial charge in [-0.3, -0.25) is 4.79 Å². The van der Waals surface area contributed by atoms with Crippen LogP contribution < -0.4 is 5.32 Å². The van der Waals surface area contributed by atoms with Crippen LogP contribution in [0.15, 0.2) is 17.5 Å². The molecule has 1 aromatic rings. The van der Waals surface area contributed by atoms with Gasteiger partial charge in [0.2, 0.25) is 0 Å². The first-order valence-electron chi connectivity index (χ1n) is 8.06. The molecule has 1 N–H and O–H groups in total. The maximum atomic E-state index is 11.7. The van der Waals surface area contributed by atoms with Crippen LogP contribution in [0.25, 0.3) is 0 Å². The molecule has 2 rings (SSSR count). The van der Waals surface area contributed by atoms with Crippen molar-refractivity contribution in [2.75, 3.05) is 45.8 Å². The lowest BCUT2D eigenvalue weighted by molar-refractivity contribution is 0.0956. The summed E-state index contributed by atoms with van der Waals surface area (Å²) in [6.07, 6.45) is 3.51. The number of nitrogens with zero attached hydrogens (tertiary/aromatic N) is 2. The molecule has 0 radical (unpaired) electrons. The fourth-order valence-electron chi connectivity index (χ4n) is 2.66. The molecule has 0 aliphatic carbocycles. The van der Waals surface area contributed by atoms with E-state index in [9.17, 15) is 4.79 Å². The van der Waals surface area contributed by atoms with E-state index in [-0.39, 0.29) is 5.91 Å². The van der Waals surface area contributed by atoms with E-state index in [2.05, 4.69) is 22.0 Å². The van der Waals surface area contributed by atoms with Crippen LogP contribution in [-0.4, -0.2) is 61.5 Å². The molecule has 0 spiro atoms. The molecule has 1 aliphatic heterocycles. The minimum Gasteiger partial charge on any atom is -0.351 e. The van der Waals surface area contributed by atoms with Gasteiger partial charge in [-0.1, -0.05) is 19.4 Å². The first-order valence-corrected chi connectivity index (χ1v) is 8.94. The van der Waals surface area contributed by atoms with E-state index in [1.54, 1.807) is 0 Å². The van der Waals surface area contributed by atoms with Crippen molar-refractivity contribution in [3.05, 3.63) is 22.4 Å². The highest BCUT2D eigenvalue weighted by Crippen LogP contribution is 2.08. The van der Waals surface area contributed by atoms with Crippen molar-refractivity contribution in [3.63, 3.8) is 0 Å². The Hall–Kier alpha value is -0.910. The molecule has 2 heterocycles. The molecule has 0 bridgehead atoms. The largest absolute Gasteiger partial charge is 0.351 e. The molecule has 21 heavy (non-hydrogen) atoms. The second-order valence-corrected chi connectivity index (χ2v) is 6.52. The zero-order valence-corrected chi connectivity index (χ0v) is 13.8. The fourth-order valence-corrected chi connectivity index (χ4v) is 3.30. The molecule has 0 atom stereocenters. The van der Waals surface area contributed by atoms with Crippen molar-refractivity contribution < 1.29 is 4.79 Å². The van der Waals surface area contributed by atoms with Gasteiger partial charge in [0.15, 0.2) is 0 Å². The number of piperazine rings is 1. The SMILES string of the molecule is CCN1CCN(CCCCCNC(=O)c2cccs2)CC1. The number of thiophene rings is 1. The zero-order chi connectivity index (χ0) is 14.9. The average Bonchev–Trinajstić information content (AvgIpc) is 3.05. The van der Waals surface area contributed by atoms with Gasteiger partial charge in [0, 0.05) is 32.7 Å². The van der Waals surface area contributed by atoms with Crippen LogP contribution in [-0.2, 0) is 0 Å². The van der Waals surface area contributed by atoms with Crippen LogP contribution in [0.4, 0.5) is 0 Å². The van der Waals surface area contributed by atoms with Crippen LogP contribution in [0.1, 0.15) is 35.9 Å². The highest BCUT2D eigenvalue weighted by molar-refractivity contribution is 7.12. The molecule has 1 fully saturated rings. The Morgan fingerprint density at radius 1 is 1.19 bits per heavy atom. The maximum Gasteiger partial charge on any atom is 0.261 e. The second-order valence-electron chi connectivity index (χ2n) is 5.57. The van der Waals surface area contributed by atoms with E-state index >= 15 is 0 Å². The minimum atomic E-state index is 0.0701. The van der Waals surface area contributed by atoms with Crippen molar-refractivity contribution in [2.24, 2.45) is 0 Å². The van der Waals surface area contributed by atoms with Crippen molar-refractivity contribution in [1.82, 2.24) is 15.1 Å². The van der Waals surface area contributed by atoms with E-state index in [4.69, 9.17) is 0 Å². The summed E-state index contributed by atoms with van der Waals surface area (Å²) in [4.78, 5) is 17.6. The van der Waals surface area contributed by atoms with E-state index in [1.165, 1.54) is 63.4 Å². The number of carbonyl (C=O) groups is 1. The van der Waals surface area contributed by atoms with Gasteiger partial charge in [-0.25, -0.2) is 0 Å². The van der Waals surface area contributed by atoms with Gasteiger partial charge in [-0.2, -0.15) is 0 Å². The van der Waals surface area contributed by atoms with E-state index < -0.39 is 0 Å². The Bertz CT molecular complexity index is 400. The third kappa shape index (κ3) is 5.77. The second kappa shape index (κ2) is 9.18. The van der Waals surface area contributed by atoms with E-state index in [0.717, 1.165) is 17.8 Å². The number of nitrogens with one attached hydrogen (secondary N) is 1. The summed E-state index contributed by atoms with van der Waals surface area (Å²) in [7, 11) is 0. The molecule has 4 nitrogen and oxygen atoms in total. The van der Waals surface area contributed by atoms with E-state index in [0.29, 0.717) is 0 Å². The van der Waals surface area contributed by atoms with Gasteiger partial charge in [0.05, 0.1) is 4.88 Å². The quantitative estimate of drug-likeness (QED) is 0.748. The summed E-state index contributed by atoms with van der Waals surface area (Å²) in [5, 5.41) is 4.93. The topological polar surface area (TPSA) is 35.6 Å². The zero-order valence-electron chi connectivity index (χ0n) is 13.0. The van der Waals surface area contributed by atoms with Gasteiger partial charge in [-0.15, -0.1) is 11.3 Å². The Balaban J connectivity index is 1.46. The number of amides is 1. The molecule has 5 heteroatoms. The first kappa shape index (κ1) is 16.5. The van der Waals surface area contributed by atoms with Crippen molar-refractivity contribution >= 4 is 17.2 Å². The average molecular weight is 309 g/mol. The van der Waals surface area contributed by atoms with Crippen LogP contribution >= 0.6 is 11.3 Å². The normalized spacial score (nSPS) is 17.0. The minimum absolute atomic E-state index is 0.0701. The molecular formula is C16H27N3OS. The van der Waals surface area contributed by atoms with E-state index in [1.807, 2.05) is 17.5 Å². The predicted molar refractivity (Wildman–Crippen MR) is 89.1 cm³/mol. The lowest BCUT2D eigenvalue weighted by Crippen LogP contribution is -2.46. The summed E-state index contributed by atoms with van der Waals surface area (Å²) in [6, 6.07) is 3.79. The lowest BCUT2D eigenvalue weighted by Gasteiger charge is -2.33. The maximum absolute atomic E-state index is 11.7. The Labute approximate surface area is 132 Å². The Morgan fingerprint density at radius 3 is 2.62 bits per heavy atom. The predicted octanol–water partition coefficient (Wildman–Crippen LogP) is 2.29. The van der Waals surface area contributed by atoms with Gasteiger partial charge < -0.3 is 15.1 Å². The Kier molecular flexibility index (Phi) is 7.19. The van der Waals surface area contributed by atoms with Gasteiger partial charge in [-0.05, 0) is 37.4 Å². The molecule has 1 amide bonds. The summed E-state index contributed by atoms with van der Waals surface area (Å²) in [5.74, 6) is 0.0701. The Morgan fingerprint density at radius 2 is 1.95 bits per heavy atom. The number of carbonyl (C=O) groups excluding carboxylic acids is 1. The third-order valence-corrected chi connectivity index (χ3v) is 4.96. The van der Waals surface area contributed by atoms with Gasteiger partial charge in [0.1, 0.15) is 0 Å². The van der Waals surface area contributed by atoms with Gasteiger partial charge in [0.25, 0.3) is 5.91 Å². The first-order chi connectivity index (χ1) is 10.3. The summed E-state index contributed by atoms with van der Waals surface area (Å²) in [6.45, 7) is 10.3. The summed E-state index contributed by atoms with van der Waals surface area (Å²) < 4.78 is 0. The summed E-state index contributed by atoms with van der Waals surface area (Å²) in [5.41, 5.74) is 0. The molecule has 118 valence electrons. The standard InChI is InChI=1S/C16H27N3OS/c1-2-18-10-12-19(13-11-18)9-5-3-4-8-17-16(20)15-7-6-14-21-15/h6-7,14H,2-5,8-13H2,1H3,(H,17,20). The van der Waals surface area contributed by atoms with Crippen molar-refractivity contribution in [1.29, 1.82) is 0 Å². The fraction of sp³-hybridized carbons (Fsp3) is 0.688. The van der Waals surface area contributed by atoms with Crippen LogP contribution in [0.2, 0.25) is 0 Å². The molecule has 1 aromatic heterocycles. The number of hydrogen-bond acceptors (Lipinski definition) is 4. The van der Waals surface area contributed by atoms with Crippen LogP contribution in [0.3, 0.4) is 0 Å². The molecule has 1 aliphatic rings. The third-order valence-electron chi connectivity index (χ3n) is 4.09. The number of unbranched alkanes of at least 4 members (excludes halogenated alkanes) is 2. The van der Waals surface area contributed by atoms with Crippen molar-refractivity contribution in [2.45, 2.75) is 26.2 Å². The molecule has 0 unspecified atom stereocenters. The smallest absolute Gasteiger partial charge is 0.261 e. The van der Waals surface area contributed by atoms with Crippen LogP contribution in [0.5, 0.6) is 0 Å². The van der Waals surface area contributed by atoms with Crippen molar-refractivity contribution in [3.8, 4) is 0 Å². The molecule has 0 aromatic carbocycles. The monoisotopic (exact) mass is 309 g/mol. The van der Waals surface area contributed by atoms with Gasteiger partial charge >= 0.3 is 0 Å². The molecule has 1 saturated heterocycles. The number of rotatable bonds is 8. The van der Waals surface area contributed by atoms with Crippen LogP contribution in [0, 0.1) is 0 Å². The lowest BCUT2D eigenvalue weighted by atomic mass is 10.2. The molecular weight excluding hydrogens is 282 g/mol.